The van der Waals surface area contributed by atoms with E-state index in [0.29, 0.717) is 18.9 Å². The third kappa shape index (κ3) is 8.16. The SMILES string of the molecule is COC(C)CCC(=O)N(CCCN)CC(C)C. The highest BCUT2D eigenvalue weighted by Crippen LogP contribution is 2.07. The molecular weight excluding hydrogens is 216 g/mol. The van der Waals surface area contributed by atoms with Crippen molar-refractivity contribution >= 4 is 5.91 Å². The number of ether oxygens (including phenoxy) is 1. The molecule has 0 aromatic carbocycles. The smallest absolute Gasteiger partial charge is 0.222 e. The standard InChI is InChI=1S/C13H28N2O2/c1-11(2)10-15(9-5-8-14)13(16)7-6-12(3)17-4/h11-12H,5-10,14H2,1-4H3. The fourth-order valence-electron chi connectivity index (χ4n) is 1.64. The Kier molecular flexibility index (Phi) is 9.09. The Morgan fingerprint density at radius 3 is 2.47 bits per heavy atom. The van der Waals surface area contributed by atoms with Gasteiger partial charge in [0.15, 0.2) is 0 Å². The van der Waals surface area contributed by atoms with Crippen molar-refractivity contribution < 1.29 is 9.53 Å². The molecule has 0 radical (unpaired) electrons. The summed E-state index contributed by atoms with van der Waals surface area (Å²) >= 11 is 0. The number of hydrogen-bond acceptors (Lipinski definition) is 3. The molecule has 0 aliphatic rings. The first-order valence-corrected chi connectivity index (χ1v) is 6.51. The average Bonchev–Trinajstić information content (AvgIpc) is 2.30. The molecule has 0 aromatic heterocycles. The third-order valence-electron chi connectivity index (χ3n) is 2.74. The number of nitrogens with two attached hydrogens (primary N) is 1. The molecule has 0 aromatic rings. The first-order valence-electron chi connectivity index (χ1n) is 6.51. The van der Waals surface area contributed by atoms with Crippen LogP contribution in [0, 0.1) is 5.92 Å². The minimum atomic E-state index is 0.148. The van der Waals surface area contributed by atoms with Gasteiger partial charge in [-0.1, -0.05) is 13.8 Å². The van der Waals surface area contributed by atoms with Gasteiger partial charge in [-0.25, -0.2) is 0 Å². The van der Waals surface area contributed by atoms with Crippen molar-refractivity contribution in [3.05, 3.63) is 0 Å². The highest BCUT2D eigenvalue weighted by molar-refractivity contribution is 5.76. The summed E-state index contributed by atoms with van der Waals surface area (Å²) in [6, 6.07) is 0. The third-order valence-corrected chi connectivity index (χ3v) is 2.74. The van der Waals surface area contributed by atoms with Crippen LogP contribution in [-0.2, 0) is 9.53 Å². The van der Waals surface area contributed by atoms with Crippen molar-refractivity contribution in [2.75, 3.05) is 26.7 Å². The van der Waals surface area contributed by atoms with Gasteiger partial charge in [-0.15, -0.1) is 0 Å². The summed E-state index contributed by atoms with van der Waals surface area (Å²) in [5.74, 6) is 0.715. The molecule has 0 fully saturated rings. The largest absolute Gasteiger partial charge is 0.382 e. The average molecular weight is 244 g/mol. The number of amides is 1. The minimum Gasteiger partial charge on any atom is -0.382 e. The highest BCUT2D eigenvalue weighted by Gasteiger charge is 2.15. The Labute approximate surface area is 105 Å². The quantitative estimate of drug-likeness (QED) is 0.671. The first-order chi connectivity index (χ1) is 8.01. The van der Waals surface area contributed by atoms with E-state index in [-0.39, 0.29) is 12.0 Å². The molecule has 17 heavy (non-hydrogen) atoms. The number of carbonyl (C=O) groups excluding carboxylic acids is 1. The second-order valence-corrected chi connectivity index (χ2v) is 4.96. The molecule has 4 nitrogen and oxygen atoms in total. The van der Waals surface area contributed by atoms with E-state index in [1.807, 2.05) is 11.8 Å². The second-order valence-electron chi connectivity index (χ2n) is 4.96. The van der Waals surface area contributed by atoms with Gasteiger partial charge in [0.05, 0.1) is 6.10 Å². The Hall–Kier alpha value is -0.610. The normalized spacial score (nSPS) is 12.8. The monoisotopic (exact) mass is 244 g/mol. The predicted octanol–water partition coefficient (Wildman–Crippen LogP) is 1.63. The van der Waals surface area contributed by atoms with Crippen molar-refractivity contribution in [3.8, 4) is 0 Å². The summed E-state index contributed by atoms with van der Waals surface area (Å²) in [6.07, 6.45) is 2.37. The van der Waals surface area contributed by atoms with Gasteiger partial charge in [-0.3, -0.25) is 4.79 Å². The van der Waals surface area contributed by atoms with Gasteiger partial charge in [0, 0.05) is 26.6 Å². The van der Waals surface area contributed by atoms with E-state index in [9.17, 15) is 4.79 Å². The van der Waals surface area contributed by atoms with E-state index < -0.39 is 0 Å². The Balaban J connectivity index is 4.11. The zero-order valence-electron chi connectivity index (χ0n) is 11.7. The second kappa shape index (κ2) is 9.42. The lowest BCUT2D eigenvalue weighted by molar-refractivity contribution is -0.132. The van der Waals surface area contributed by atoms with Crippen LogP contribution in [0.2, 0.25) is 0 Å². The van der Waals surface area contributed by atoms with Crippen molar-refractivity contribution in [2.45, 2.75) is 46.1 Å². The summed E-state index contributed by atoms with van der Waals surface area (Å²) in [7, 11) is 1.68. The number of nitrogens with zero attached hydrogens (tertiary/aromatic N) is 1. The van der Waals surface area contributed by atoms with Gasteiger partial charge in [-0.05, 0) is 32.2 Å². The lowest BCUT2D eigenvalue weighted by atomic mass is 10.1. The molecule has 0 aliphatic carbocycles. The van der Waals surface area contributed by atoms with Crippen molar-refractivity contribution in [3.63, 3.8) is 0 Å². The molecule has 0 aliphatic heterocycles. The number of methoxy groups -OCH3 is 1. The maximum atomic E-state index is 12.0. The van der Waals surface area contributed by atoms with E-state index in [4.69, 9.17) is 10.5 Å². The molecule has 0 rings (SSSR count). The van der Waals surface area contributed by atoms with Crippen LogP contribution >= 0.6 is 0 Å². The van der Waals surface area contributed by atoms with Crippen LogP contribution in [0.15, 0.2) is 0 Å². The zero-order chi connectivity index (χ0) is 13.3. The molecule has 0 spiro atoms. The lowest BCUT2D eigenvalue weighted by Crippen LogP contribution is -2.36. The summed E-state index contributed by atoms with van der Waals surface area (Å²) < 4.78 is 5.15. The molecule has 4 heteroatoms. The van der Waals surface area contributed by atoms with Gasteiger partial charge >= 0.3 is 0 Å². The molecule has 0 bridgehead atoms. The zero-order valence-corrected chi connectivity index (χ0v) is 11.7. The van der Waals surface area contributed by atoms with Crippen LogP contribution in [0.25, 0.3) is 0 Å². The van der Waals surface area contributed by atoms with E-state index in [1.165, 1.54) is 0 Å². The van der Waals surface area contributed by atoms with E-state index in [2.05, 4.69) is 13.8 Å². The van der Waals surface area contributed by atoms with Crippen LogP contribution < -0.4 is 5.73 Å². The lowest BCUT2D eigenvalue weighted by Gasteiger charge is -2.25. The van der Waals surface area contributed by atoms with Gasteiger partial charge in [0.2, 0.25) is 5.91 Å². The number of carbonyl (C=O) groups is 1. The minimum absolute atomic E-state index is 0.148. The summed E-state index contributed by atoms with van der Waals surface area (Å²) in [4.78, 5) is 14.0. The molecule has 2 N–H and O–H groups in total. The van der Waals surface area contributed by atoms with Crippen LogP contribution in [0.1, 0.15) is 40.0 Å². The maximum absolute atomic E-state index is 12.0. The summed E-state index contributed by atoms with van der Waals surface area (Å²) in [6.45, 7) is 8.46. The summed E-state index contributed by atoms with van der Waals surface area (Å²) in [5.41, 5.74) is 5.49. The molecule has 1 atom stereocenters. The highest BCUT2D eigenvalue weighted by atomic mass is 16.5. The maximum Gasteiger partial charge on any atom is 0.222 e. The topological polar surface area (TPSA) is 55.6 Å². The van der Waals surface area contributed by atoms with Crippen LogP contribution in [0.4, 0.5) is 0 Å². The molecule has 0 heterocycles. The Morgan fingerprint density at radius 2 is 2.00 bits per heavy atom. The van der Waals surface area contributed by atoms with Crippen LogP contribution in [0.5, 0.6) is 0 Å². The number of rotatable bonds is 9. The molecule has 1 amide bonds. The fourth-order valence-corrected chi connectivity index (χ4v) is 1.64. The summed E-state index contributed by atoms with van der Waals surface area (Å²) in [5, 5.41) is 0. The molecule has 102 valence electrons. The van der Waals surface area contributed by atoms with Crippen molar-refractivity contribution in [1.82, 2.24) is 4.90 Å². The molecule has 0 saturated heterocycles. The van der Waals surface area contributed by atoms with Gasteiger partial charge < -0.3 is 15.4 Å². The van der Waals surface area contributed by atoms with E-state index in [0.717, 1.165) is 25.9 Å². The molecule has 0 saturated carbocycles. The number of hydrogen-bond donors (Lipinski definition) is 1. The van der Waals surface area contributed by atoms with Gasteiger partial charge in [0.1, 0.15) is 0 Å². The van der Waals surface area contributed by atoms with Crippen molar-refractivity contribution in [1.29, 1.82) is 0 Å². The van der Waals surface area contributed by atoms with E-state index in [1.54, 1.807) is 7.11 Å². The van der Waals surface area contributed by atoms with Crippen molar-refractivity contribution in [2.24, 2.45) is 11.7 Å². The Morgan fingerprint density at radius 1 is 1.35 bits per heavy atom. The first kappa shape index (κ1) is 16.4. The Bertz CT molecular complexity index is 208. The van der Waals surface area contributed by atoms with Gasteiger partial charge in [-0.2, -0.15) is 0 Å². The van der Waals surface area contributed by atoms with Crippen LogP contribution in [0.3, 0.4) is 0 Å². The van der Waals surface area contributed by atoms with Crippen LogP contribution in [-0.4, -0.2) is 43.7 Å². The fraction of sp³-hybridized carbons (Fsp3) is 0.923. The van der Waals surface area contributed by atoms with E-state index >= 15 is 0 Å². The van der Waals surface area contributed by atoms with Gasteiger partial charge in [0.25, 0.3) is 0 Å². The molecular formula is C13H28N2O2. The predicted molar refractivity (Wildman–Crippen MR) is 70.8 cm³/mol. The molecule has 1 unspecified atom stereocenters.